The van der Waals surface area contributed by atoms with Crippen LogP contribution in [0.4, 0.5) is 4.79 Å². The molecule has 2 aromatic rings. The van der Waals surface area contributed by atoms with E-state index in [0.29, 0.717) is 25.2 Å². The zero-order chi connectivity index (χ0) is 19.6. The molecule has 1 amide bonds. The van der Waals surface area contributed by atoms with E-state index in [1.54, 1.807) is 4.90 Å². The molecule has 0 atom stereocenters. The van der Waals surface area contributed by atoms with Crippen LogP contribution in [0.5, 0.6) is 0 Å². The van der Waals surface area contributed by atoms with Crippen molar-refractivity contribution in [2.75, 3.05) is 26.2 Å². The average molecular weight is 372 g/mol. The molecule has 0 bridgehead atoms. The molecule has 7 heteroatoms. The number of rotatable bonds is 3. The number of aromatic nitrogens is 2. The van der Waals surface area contributed by atoms with Gasteiger partial charge in [-0.2, -0.15) is 0 Å². The molecule has 27 heavy (non-hydrogen) atoms. The number of fused-ring (bicyclic) bond motifs is 1. The number of carbonyl (C=O) groups excluding carboxylic acids is 1. The lowest BCUT2D eigenvalue weighted by atomic mass is 10.1. The number of amides is 1. The molecule has 0 spiro atoms. The van der Waals surface area contributed by atoms with Crippen LogP contribution >= 0.6 is 0 Å². The van der Waals surface area contributed by atoms with Gasteiger partial charge < -0.3 is 14.6 Å². The number of nitrogens with zero attached hydrogens (tertiary/aromatic N) is 3. The molecule has 1 saturated heterocycles. The van der Waals surface area contributed by atoms with E-state index in [9.17, 15) is 9.59 Å². The van der Waals surface area contributed by atoms with Gasteiger partial charge in [-0.15, -0.1) is 0 Å². The van der Waals surface area contributed by atoms with Crippen molar-refractivity contribution in [3.05, 3.63) is 39.8 Å². The minimum Gasteiger partial charge on any atom is -0.444 e. The van der Waals surface area contributed by atoms with E-state index in [1.165, 1.54) is 0 Å². The Hall–Kier alpha value is -2.41. The topological polar surface area (TPSA) is 78.5 Å². The van der Waals surface area contributed by atoms with Gasteiger partial charge in [0.15, 0.2) is 0 Å². The van der Waals surface area contributed by atoms with Crippen molar-refractivity contribution in [1.82, 2.24) is 19.8 Å². The van der Waals surface area contributed by atoms with Crippen LogP contribution < -0.4 is 5.56 Å². The highest BCUT2D eigenvalue weighted by molar-refractivity contribution is 5.74. The third-order valence-corrected chi connectivity index (χ3v) is 4.59. The highest BCUT2D eigenvalue weighted by atomic mass is 16.6. The molecule has 2 heterocycles. The Kier molecular flexibility index (Phi) is 5.51. The SMILES string of the molecule is CCc1nc2ccc(CN3CCN(C(=O)OC(C)(C)C)CC3)cc2[nH]c1=O. The van der Waals surface area contributed by atoms with E-state index in [-0.39, 0.29) is 11.7 Å². The fraction of sp³-hybridized carbons (Fsp3) is 0.550. The monoisotopic (exact) mass is 372 g/mol. The van der Waals surface area contributed by atoms with Crippen LogP contribution in [-0.4, -0.2) is 57.6 Å². The van der Waals surface area contributed by atoms with Gasteiger partial charge in [0.05, 0.1) is 11.0 Å². The number of aromatic amines is 1. The summed E-state index contributed by atoms with van der Waals surface area (Å²) in [6.07, 6.45) is 0.373. The molecule has 146 valence electrons. The summed E-state index contributed by atoms with van der Waals surface area (Å²) in [6.45, 7) is 11.2. The van der Waals surface area contributed by atoms with Gasteiger partial charge in [0.1, 0.15) is 11.3 Å². The number of hydrogen-bond acceptors (Lipinski definition) is 5. The zero-order valence-corrected chi connectivity index (χ0v) is 16.5. The normalized spacial score (nSPS) is 15.9. The standard InChI is InChI=1S/C20H28N4O3/c1-5-15-18(25)22-17-12-14(6-7-16(17)21-15)13-23-8-10-24(11-9-23)19(26)27-20(2,3)4/h6-7,12H,5,8-11,13H2,1-4H3,(H,22,25). The maximum atomic E-state index is 12.2. The van der Waals surface area contributed by atoms with Crippen molar-refractivity contribution in [3.63, 3.8) is 0 Å². The van der Waals surface area contributed by atoms with Gasteiger partial charge in [-0.25, -0.2) is 9.78 Å². The highest BCUT2D eigenvalue weighted by Crippen LogP contribution is 2.16. The molecular weight excluding hydrogens is 344 g/mol. The third-order valence-electron chi connectivity index (χ3n) is 4.59. The number of hydrogen-bond donors (Lipinski definition) is 1. The molecular formula is C20H28N4O3. The number of piperazine rings is 1. The molecule has 1 fully saturated rings. The van der Waals surface area contributed by atoms with Crippen LogP contribution in [0.15, 0.2) is 23.0 Å². The molecule has 1 aliphatic rings. The fourth-order valence-corrected chi connectivity index (χ4v) is 3.18. The second-order valence-corrected chi connectivity index (χ2v) is 7.96. The van der Waals surface area contributed by atoms with Crippen molar-refractivity contribution in [2.24, 2.45) is 0 Å². The van der Waals surface area contributed by atoms with Crippen LogP contribution in [0, 0.1) is 0 Å². The Bertz CT molecular complexity index is 877. The molecule has 1 aliphatic heterocycles. The summed E-state index contributed by atoms with van der Waals surface area (Å²) in [6, 6.07) is 5.99. The molecule has 0 radical (unpaired) electrons. The largest absolute Gasteiger partial charge is 0.444 e. The summed E-state index contributed by atoms with van der Waals surface area (Å²) in [5.41, 5.74) is 2.67. The Morgan fingerprint density at radius 3 is 2.56 bits per heavy atom. The van der Waals surface area contributed by atoms with Crippen LogP contribution in [0.2, 0.25) is 0 Å². The van der Waals surface area contributed by atoms with E-state index in [0.717, 1.165) is 36.2 Å². The lowest BCUT2D eigenvalue weighted by molar-refractivity contribution is 0.0139. The highest BCUT2D eigenvalue weighted by Gasteiger charge is 2.25. The number of H-pyrrole nitrogens is 1. The fourth-order valence-electron chi connectivity index (χ4n) is 3.18. The molecule has 7 nitrogen and oxygen atoms in total. The molecule has 0 aliphatic carbocycles. The first-order chi connectivity index (χ1) is 12.7. The first-order valence-electron chi connectivity index (χ1n) is 9.47. The predicted octanol–water partition coefficient (Wildman–Crippen LogP) is 2.54. The van der Waals surface area contributed by atoms with E-state index >= 15 is 0 Å². The molecule has 0 unspecified atom stereocenters. The maximum Gasteiger partial charge on any atom is 0.410 e. The summed E-state index contributed by atoms with van der Waals surface area (Å²) in [7, 11) is 0. The van der Waals surface area contributed by atoms with Crippen molar-refractivity contribution in [1.29, 1.82) is 0 Å². The lowest BCUT2D eigenvalue weighted by Crippen LogP contribution is -2.49. The zero-order valence-electron chi connectivity index (χ0n) is 16.5. The quantitative estimate of drug-likeness (QED) is 0.896. The van der Waals surface area contributed by atoms with Crippen molar-refractivity contribution < 1.29 is 9.53 Å². The Labute approximate surface area is 159 Å². The first kappa shape index (κ1) is 19.4. The van der Waals surface area contributed by atoms with Gasteiger partial charge >= 0.3 is 6.09 Å². The average Bonchev–Trinajstić information content (AvgIpc) is 2.60. The van der Waals surface area contributed by atoms with Gasteiger partial charge in [-0.05, 0) is 44.9 Å². The summed E-state index contributed by atoms with van der Waals surface area (Å²) in [5, 5.41) is 0. The molecule has 0 saturated carbocycles. The van der Waals surface area contributed by atoms with E-state index in [1.807, 2.05) is 45.9 Å². The Morgan fingerprint density at radius 1 is 1.22 bits per heavy atom. The number of benzene rings is 1. The van der Waals surface area contributed by atoms with Crippen LogP contribution in [-0.2, 0) is 17.7 Å². The van der Waals surface area contributed by atoms with Gasteiger partial charge in [-0.1, -0.05) is 13.0 Å². The number of nitrogens with one attached hydrogen (secondary N) is 1. The summed E-state index contributed by atoms with van der Waals surface area (Å²) in [5.74, 6) is 0. The minimum atomic E-state index is -0.470. The second kappa shape index (κ2) is 7.68. The molecule has 1 aromatic carbocycles. The maximum absolute atomic E-state index is 12.2. The summed E-state index contributed by atoms with van der Waals surface area (Å²) >= 11 is 0. The molecule has 1 N–H and O–H groups in total. The van der Waals surface area contributed by atoms with Crippen molar-refractivity contribution >= 4 is 17.1 Å². The van der Waals surface area contributed by atoms with Gasteiger partial charge in [0.25, 0.3) is 5.56 Å². The minimum absolute atomic E-state index is 0.117. The van der Waals surface area contributed by atoms with E-state index in [4.69, 9.17) is 4.74 Å². The van der Waals surface area contributed by atoms with E-state index in [2.05, 4.69) is 14.9 Å². The Morgan fingerprint density at radius 2 is 1.93 bits per heavy atom. The summed E-state index contributed by atoms with van der Waals surface area (Å²) < 4.78 is 5.44. The number of carbonyl (C=O) groups is 1. The van der Waals surface area contributed by atoms with Crippen LogP contribution in [0.3, 0.4) is 0 Å². The smallest absolute Gasteiger partial charge is 0.410 e. The molecule has 1 aromatic heterocycles. The van der Waals surface area contributed by atoms with Crippen LogP contribution in [0.25, 0.3) is 11.0 Å². The molecule has 3 rings (SSSR count). The lowest BCUT2D eigenvalue weighted by Gasteiger charge is -2.35. The second-order valence-electron chi connectivity index (χ2n) is 7.96. The number of aryl methyl sites for hydroxylation is 1. The van der Waals surface area contributed by atoms with Crippen molar-refractivity contribution in [3.8, 4) is 0 Å². The van der Waals surface area contributed by atoms with E-state index < -0.39 is 5.60 Å². The summed E-state index contributed by atoms with van der Waals surface area (Å²) in [4.78, 5) is 35.5. The van der Waals surface area contributed by atoms with Gasteiger partial charge in [0.2, 0.25) is 0 Å². The van der Waals surface area contributed by atoms with Gasteiger partial charge in [-0.3, -0.25) is 9.69 Å². The van der Waals surface area contributed by atoms with Crippen molar-refractivity contribution in [2.45, 2.75) is 46.3 Å². The number of ether oxygens (including phenoxy) is 1. The first-order valence-corrected chi connectivity index (χ1v) is 9.47. The third kappa shape index (κ3) is 4.86. The van der Waals surface area contributed by atoms with Crippen LogP contribution in [0.1, 0.15) is 39.0 Å². The van der Waals surface area contributed by atoms with Gasteiger partial charge in [0, 0.05) is 32.7 Å². The predicted molar refractivity (Wildman–Crippen MR) is 105 cm³/mol. The Balaban J connectivity index is 1.62.